The zero-order valence-corrected chi connectivity index (χ0v) is 11.2. The molecule has 1 atom stereocenters. The lowest BCUT2D eigenvalue weighted by Gasteiger charge is -2.17. The van der Waals surface area contributed by atoms with Crippen LogP contribution in [0.3, 0.4) is 0 Å². The second-order valence-corrected chi connectivity index (χ2v) is 4.81. The molecule has 1 aliphatic rings. The smallest absolute Gasteiger partial charge is 0.248 e. The van der Waals surface area contributed by atoms with Gasteiger partial charge < -0.3 is 15.4 Å². The molecule has 0 bridgehead atoms. The van der Waals surface area contributed by atoms with Crippen LogP contribution in [0.25, 0.3) is 0 Å². The Balaban J connectivity index is 1.88. The van der Waals surface area contributed by atoms with Gasteiger partial charge in [0.1, 0.15) is 11.8 Å². The first-order chi connectivity index (χ1) is 9.70. The average Bonchev–Trinajstić information content (AvgIpc) is 2.74. The number of nitrogens with zero attached hydrogens (tertiary/aromatic N) is 1. The Labute approximate surface area is 117 Å². The maximum absolute atomic E-state index is 12.3. The molecule has 1 heterocycles. The first-order valence-corrected chi connectivity index (χ1v) is 6.49. The summed E-state index contributed by atoms with van der Waals surface area (Å²) in [5.74, 6) is 0.751. The summed E-state index contributed by atoms with van der Waals surface area (Å²) in [6, 6.07) is 14.8. The van der Waals surface area contributed by atoms with Crippen LogP contribution in [0.15, 0.2) is 48.5 Å². The topological polar surface area (TPSA) is 55.6 Å². The van der Waals surface area contributed by atoms with Crippen molar-refractivity contribution < 1.29 is 9.53 Å². The predicted molar refractivity (Wildman–Crippen MR) is 77.6 cm³/mol. The quantitative estimate of drug-likeness (QED) is 0.928. The van der Waals surface area contributed by atoms with Crippen LogP contribution in [0, 0.1) is 0 Å². The number of para-hydroxylation sites is 1. The van der Waals surface area contributed by atoms with E-state index < -0.39 is 6.04 Å². The number of ether oxygens (including phenoxy) is 1. The third-order valence-corrected chi connectivity index (χ3v) is 3.59. The van der Waals surface area contributed by atoms with Crippen LogP contribution in [0.2, 0.25) is 0 Å². The SMILES string of the molecule is COc1ccc(CN2C(=O)C(N)c3ccccc32)cc1. The molecule has 0 spiro atoms. The summed E-state index contributed by atoms with van der Waals surface area (Å²) in [4.78, 5) is 14.0. The monoisotopic (exact) mass is 268 g/mol. The van der Waals surface area contributed by atoms with Crippen LogP contribution >= 0.6 is 0 Å². The molecule has 3 rings (SSSR count). The summed E-state index contributed by atoms with van der Waals surface area (Å²) in [5, 5.41) is 0. The van der Waals surface area contributed by atoms with E-state index in [0.29, 0.717) is 6.54 Å². The molecule has 2 N–H and O–H groups in total. The number of fused-ring (bicyclic) bond motifs is 1. The van der Waals surface area contributed by atoms with Crippen molar-refractivity contribution in [1.82, 2.24) is 0 Å². The van der Waals surface area contributed by atoms with E-state index >= 15 is 0 Å². The van der Waals surface area contributed by atoms with Crippen molar-refractivity contribution in [3.8, 4) is 5.75 Å². The van der Waals surface area contributed by atoms with Gasteiger partial charge in [-0.15, -0.1) is 0 Å². The molecule has 0 saturated heterocycles. The molecule has 20 heavy (non-hydrogen) atoms. The van der Waals surface area contributed by atoms with Gasteiger partial charge in [0.15, 0.2) is 0 Å². The summed E-state index contributed by atoms with van der Waals surface area (Å²) in [6.45, 7) is 0.521. The highest BCUT2D eigenvalue weighted by Crippen LogP contribution is 2.35. The largest absolute Gasteiger partial charge is 0.497 e. The Morgan fingerprint density at radius 2 is 1.85 bits per heavy atom. The van der Waals surface area contributed by atoms with Crippen molar-refractivity contribution >= 4 is 11.6 Å². The summed E-state index contributed by atoms with van der Waals surface area (Å²) < 4.78 is 5.13. The lowest BCUT2D eigenvalue weighted by molar-refractivity contribution is -0.119. The minimum absolute atomic E-state index is 0.0537. The molecule has 0 aliphatic carbocycles. The fourth-order valence-electron chi connectivity index (χ4n) is 2.49. The van der Waals surface area contributed by atoms with Gasteiger partial charge >= 0.3 is 0 Å². The van der Waals surface area contributed by atoms with Crippen molar-refractivity contribution in [2.75, 3.05) is 12.0 Å². The van der Waals surface area contributed by atoms with E-state index in [-0.39, 0.29) is 5.91 Å². The molecule has 2 aromatic carbocycles. The third-order valence-electron chi connectivity index (χ3n) is 3.59. The van der Waals surface area contributed by atoms with Crippen LogP contribution in [0.1, 0.15) is 17.2 Å². The molecule has 0 aromatic heterocycles. The summed E-state index contributed by atoms with van der Waals surface area (Å²) >= 11 is 0. The maximum atomic E-state index is 12.3. The number of amides is 1. The lowest BCUT2D eigenvalue weighted by atomic mass is 10.1. The fraction of sp³-hybridized carbons (Fsp3) is 0.188. The van der Waals surface area contributed by atoms with Crippen LogP contribution in [-0.2, 0) is 11.3 Å². The van der Waals surface area contributed by atoms with Gasteiger partial charge in [-0.1, -0.05) is 30.3 Å². The van der Waals surface area contributed by atoms with Gasteiger partial charge in [-0.05, 0) is 23.8 Å². The van der Waals surface area contributed by atoms with E-state index in [4.69, 9.17) is 10.5 Å². The zero-order valence-electron chi connectivity index (χ0n) is 11.2. The molecular weight excluding hydrogens is 252 g/mol. The van der Waals surface area contributed by atoms with Gasteiger partial charge in [-0.3, -0.25) is 4.79 Å². The molecule has 1 unspecified atom stereocenters. The van der Waals surface area contributed by atoms with Crippen molar-refractivity contribution in [2.45, 2.75) is 12.6 Å². The number of carbonyl (C=O) groups excluding carboxylic acids is 1. The minimum atomic E-state index is -0.551. The molecule has 0 radical (unpaired) electrons. The van der Waals surface area contributed by atoms with E-state index in [1.165, 1.54) is 0 Å². The molecule has 0 fully saturated rings. The fourth-order valence-corrected chi connectivity index (χ4v) is 2.49. The second-order valence-electron chi connectivity index (χ2n) is 4.81. The highest BCUT2D eigenvalue weighted by molar-refractivity contribution is 6.04. The van der Waals surface area contributed by atoms with Crippen molar-refractivity contribution in [3.05, 3.63) is 59.7 Å². The number of carbonyl (C=O) groups is 1. The molecule has 4 nitrogen and oxygen atoms in total. The highest BCUT2D eigenvalue weighted by atomic mass is 16.5. The standard InChI is InChI=1S/C16H16N2O2/c1-20-12-8-6-11(7-9-12)10-18-14-5-3-2-4-13(14)15(17)16(18)19/h2-9,15H,10,17H2,1H3. The molecule has 1 amide bonds. The van der Waals surface area contributed by atoms with Gasteiger partial charge in [-0.2, -0.15) is 0 Å². The predicted octanol–water partition coefficient (Wildman–Crippen LogP) is 2.24. The highest BCUT2D eigenvalue weighted by Gasteiger charge is 2.34. The van der Waals surface area contributed by atoms with Gasteiger partial charge in [0.2, 0.25) is 5.91 Å². The molecule has 0 saturated carbocycles. The second kappa shape index (κ2) is 4.98. The third kappa shape index (κ3) is 2.04. The number of nitrogens with two attached hydrogens (primary N) is 1. The lowest BCUT2D eigenvalue weighted by Crippen LogP contribution is -2.31. The molecule has 1 aliphatic heterocycles. The Morgan fingerprint density at radius 3 is 2.55 bits per heavy atom. The van der Waals surface area contributed by atoms with E-state index in [0.717, 1.165) is 22.6 Å². The Kier molecular flexibility index (Phi) is 3.16. The van der Waals surface area contributed by atoms with Crippen molar-refractivity contribution in [2.24, 2.45) is 5.73 Å². The summed E-state index contributed by atoms with van der Waals surface area (Å²) in [5.41, 5.74) is 8.81. The average molecular weight is 268 g/mol. The Bertz CT molecular complexity index is 637. The van der Waals surface area contributed by atoms with Gasteiger partial charge in [0.05, 0.1) is 13.7 Å². The first-order valence-electron chi connectivity index (χ1n) is 6.49. The zero-order chi connectivity index (χ0) is 14.1. The maximum Gasteiger partial charge on any atom is 0.248 e. The number of rotatable bonds is 3. The van der Waals surface area contributed by atoms with Crippen LogP contribution in [-0.4, -0.2) is 13.0 Å². The molecule has 102 valence electrons. The van der Waals surface area contributed by atoms with Gasteiger partial charge in [0, 0.05) is 11.3 Å². The minimum Gasteiger partial charge on any atom is -0.497 e. The molecule has 4 heteroatoms. The molecule has 2 aromatic rings. The number of hydrogen-bond acceptors (Lipinski definition) is 3. The van der Waals surface area contributed by atoms with Crippen molar-refractivity contribution in [3.63, 3.8) is 0 Å². The van der Waals surface area contributed by atoms with Gasteiger partial charge in [0.25, 0.3) is 0 Å². The number of benzene rings is 2. The van der Waals surface area contributed by atoms with Crippen LogP contribution in [0.5, 0.6) is 5.75 Å². The number of anilines is 1. The van der Waals surface area contributed by atoms with Crippen LogP contribution in [0.4, 0.5) is 5.69 Å². The normalized spacial score (nSPS) is 17.2. The summed E-state index contributed by atoms with van der Waals surface area (Å²) in [6.07, 6.45) is 0. The van der Waals surface area contributed by atoms with E-state index in [2.05, 4.69) is 0 Å². The van der Waals surface area contributed by atoms with Crippen molar-refractivity contribution in [1.29, 1.82) is 0 Å². The molecular formula is C16H16N2O2. The first kappa shape index (κ1) is 12.7. The van der Waals surface area contributed by atoms with E-state index in [9.17, 15) is 4.79 Å². The number of methoxy groups -OCH3 is 1. The number of hydrogen-bond donors (Lipinski definition) is 1. The van der Waals surface area contributed by atoms with E-state index in [1.807, 2.05) is 48.5 Å². The van der Waals surface area contributed by atoms with Gasteiger partial charge in [-0.25, -0.2) is 0 Å². The van der Waals surface area contributed by atoms with E-state index in [1.54, 1.807) is 12.0 Å². The Morgan fingerprint density at radius 1 is 1.15 bits per heavy atom. The van der Waals surface area contributed by atoms with Crippen LogP contribution < -0.4 is 15.4 Å². The summed E-state index contributed by atoms with van der Waals surface area (Å²) in [7, 11) is 1.63. The Hall–Kier alpha value is -2.33.